The largest absolute Gasteiger partial charge is 0.489 e. The SMILES string of the molecule is Cc1cc(C)c(C2C(C#N)=C(N)N(c3cc([N+](=O)[O-])ccc3Cl)C3=C2C(=O)CC(C)(C)C3)cc1COc1ccc(F)cc1. The summed E-state index contributed by atoms with van der Waals surface area (Å²) >= 11 is 6.57. The van der Waals surface area contributed by atoms with E-state index in [1.165, 1.54) is 30.3 Å². The fraction of sp³-hybridized carbons (Fsp3) is 0.273. The van der Waals surface area contributed by atoms with Gasteiger partial charge in [-0.15, -0.1) is 0 Å². The third kappa shape index (κ3) is 5.58. The van der Waals surface area contributed by atoms with Crippen molar-refractivity contribution in [2.24, 2.45) is 11.1 Å². The number of carbonyl (C=O) groups excluding carboxylic acids is 1. The fourth-order valence-corrected chi connectivity index (χ4v) is 6.16. The van der Waals surface area contributed by atoms with Crippen LogP contribution in [0.3, 0.4) is 0 Å². The number of aryl methyl sites for hydroxylation is 2. The second kappa shape index (κ2) is 11.2. The lowest BCUT2D eigenvalue weighted by atomic mass is 9.68. The number of nitro benzene ring substituents is 1. The number of hydrogen-bond donors (Lipinski definition) is 1. The smallest absolute Gasteiger partial charge is 0.271 e. The van der Waals surface area contributed by atoms with E-state index in [0.717, 1.165) is 22.3 Å². The molecule has 43 heavy (non-hydrogen) atoms. The van der Waals surface area contributed by atoms with Crippen LogP contribution in [0.4, 0.5) is 15.8 Å². The summed E-state index contributed by atoms with van der Waals surface area (Å²) in [5.74, 6) is -0.698. The number of nitriles is 1. The van der Waals surface area contributed by atoms with Gasteiger partial charge in [-0.3, -0.25) is 19.8 Å². The van der Waals surface area contributed by atoms with Crippen molar-refractivity contribution >= 4 is 28.8 Å². The van der Waals surface area contributed by atoms with Gasteiger partial charge >= 0.3 is 0 Å². The highest BCUT2D eigenvalue weighted by Gasteiger charge is 2.45. The third-order valence-electron chi connectivity index (χ3n) is 8.01. The fourth-order valence-electron chi connectivity index (χ4n) is 5.96. The molecule has 2 aliphatic rings. The molecule has 8 nitrogen and oxygen atoms in total. The second-order valence-corrected chi connectivity index (χ2v) is 12.2. The van der Waals surface area contributed by atoms with Crippen molar-refractivity contribution in [2.45, 2.75) is 53.1 Å². The number of rotatable bonds is 6. The number of benzene rings is 3. The summed E-state index contributed by atoms with van der Waals surface area (Å²) < 4.78 is 19.3. The Kier molecular flexibility index (Phi) is 7.76. The molecule has 2 N–H and O–H groups in total. The van der Waals surface area contributed by atoms with E-state index < -0.39 is 16.3 Å². The van der Waals surface area contributed by atoms with E-state index in [4.69, 9.17) is 22.1 Å². The Hall–Kier alpha value is -4.68. The zero-order chi connectivity index (χ0) is 31.2. The first kappa shape index (κ1) is 29.8. The molecule has 1 aliphatic heterocycles. The van der Waals surface area contributed by atoms with E-state index in [9.17, 15) is 24.6 Å². The minimum atomic E-state index is -0.762. The topological polar surface area (TPSA) is 122 Å². The Bertz CT molecular complexity index is 1770. The molecule has 5 rings (SSSR count). The van der Waals surface area contributed by atoms with Crippen molar-refractivity contribution in [1.82, 2.24) is 0 Å². The number of nitrogens with two attached hydrogens (primary N) is 1. The monoisotopic (exact) mass is 600 g/mol. The Balaban J connectivity index is 1.69. The third-order valence-corrected chi connectivity index (χ3v) is 8.33. The van der Waals surface area contributed by atoms with Crippen molar-refractivity contribution in [3.8, 4) is 11.8 Å². The summed E-state index contributed by atoms with van der Waals surface area (Å²) in [6.07, 6.45) is 0.678. The molecule has 3 aromatic carbocycles. The van der Waals surface area contributed by atoms with Gasteiger partial charge in [0.1, 0.15) is 24.0 Å². The van der Waals surface area contributed by atoms with Crippen molar-refractivity contribution < 1.29 is 18.8 Å². The number of carbonyl (C=O) groups is 1. The van der Waals surface area contributed by atoms with Gasteiger partial charge in [-0.1, -0.05) is 37.6 Å². The molecular weight excluding hydrogens is 571 g/mol. The summed E-state index contributed by atoms with van der Waals surface area (Å²) in [5.41, 5.74) is 10.8. The highest BCUT2D eigenvalue weighted by atomic mass is 35.5. The molecule has 1 unspecified atom stereocenters. The molecule has 220 valence electrons. The first-order valence-electron chi connectivity index (χ1n) is 13.7. The summed E-state index contributed by atoms with van der Waals surface area (Å²) in [6, 6.07) is 15.9. The van der Waals surface area contributed by atoms with Crippen molar-refractivity contribution in [2.75, 3.05) is 4.90 Å². The van der Waals surface area contributed by atoms with Gasteiger partial charge in [0, 0.05) is 29.8 Å². The molecule has 0 radical (unpaired) electrons. The molecule has 1 aliphatic carbocycles. The maximum absolute atomic E-state index is 14.0. The lowest BCUT2D eigenvalue weighted by Crippen LogP contribution is -2.42. The maximum Gasteiger partial charge on any atom is 0.271 e. The minimum absolute atomic E-state index is 0.0586. The van der Waals surface area contributed by atoms with Crippen LogP contribution in [0.1, 0.15) is 54.9 Å². The molecule has 0 fully saturated rings. The number of allylic oxidation sites excluding steroid dienone is 3. The van der Waals surface area contributed by atoms with Crippen LogP contribution in [0.5, 0.6) is 5.75 Å². The van der Waals surface area contributed by atoms with Gasteiger partial charge in [-0.25, -0.2) is 4.39 Å². The Morgan fingerprint density at radius 1 is 1.14 bits per heavy atom. The van der Waals surface area contributed by atoms with E-state index in [1.807, 2.05) is 39.8 Å². The highest BCUT2D eigenvalue weighted by molar-refractivity contribution is 6.33. The van der Waals surface area contributed by atoms with Crippen molar-refractivity contribution in [1.29, 1.82) is 5.26 Å². The molecule has 10 heteroatoms. The quantitative estimate of drug-likeness (QED) is 0.229. The maximum atomic E-state index is 14.0. The van der Waals surface area contributed by atoms with E-state index in [2.05, 4.69) is 6.07 Å². The Morgan fingerprint density at radius 3 is 2.49 bits per heavy atom. The molecule has 0 amide bonds. The summed E-state index contributed by atoms with van der Waals surface area (Å²) in [6.45, 7) is 7.99. The van der Waals surface area contributed by atoms with Gasteiger partial charge in [-0.05, 0) is 78.3 Å². The second-order valence-electron chi connectivity index (χ2n) is 11.8. The van der Waals surface area contributed by atoms with Crippen LogP contribution in [0, 0.1) is 46.5 Å². The zero-order valence-electron chi connectivity index (χ0n) is 24.2. The lowest BCUT2D eigenvalue weighted by molar-refractivity contribution is -0.384. The van der Waals surface area contributed by atoms with Gasteiger partial charge in [0.25, 0.3) is 5.69 Å². The molecule has 1 atom stereocenters. The number of Topliss-reactive ketones (excluding diaryl/α,β-unsaturated/α-hetero) is 1. The van der Waals surface area contributed by atoms with E-state index in [1.54, 1.807) is 17.0 Å². The molecule has 0 spiro atoms. The number of hydrogen-bond acceptors (Lipinski definition) is 7. The van der Waals surface area contributed by atoms with Crippen molar-refractivity contribution in [3.63, 3.8) is 0 Å². The molecule has 0 bridgehead atoms. The van der Waals surface area contributed by atoms with Crippen LogP contribution >= 0.6 is 11.6 Å². The lowest BCUT2D eigenvalue weighted by Gasteiger charge is -2.44. The van der Waals surface area contributed by atoms with Crippen LogP contribution < -0.4 is 15.4 Å². The van der Waals surface area contributed by atoms with E-state index in [-0.39, 0.29) is 52.4 Å². The first-order chi connectivity index (χ1) is 20.3. The van der Waals surface area contributed by atoms with Gasteiger partial charge < -0.3 is 10.5 Å². The van der Waals surface area contributed by atoms with E-state index >= 15 is 0 Å². The molecule has 3 aromatic rings. The number of ketones is 1. The Morgan fingerprint density at radius 2 is 1.84 bits per heavy atom. The number of ether oxygens (including phenoxy) is 1. The standard InChI is InChI=1S/C33H30ClFN4O4/c1-18-11-19(2)24(12-20(18)17-43-23-8-5-21(35)6-9-23)30-25(16-36)32(37)38(27-13-22(39(41)42)7-10-26(27)34)28-14-33(3,4)15-29(40)31(28)30/h5-13,30H,14-15,17,37H2,1-4H3. The first-order valence-corrected chi connectivity index (χ1v) is 14.1. The number of anilines is 1. The number of halogens is 2. The molecule has 0 saturated heterocycles. The van der Waals surface area contributed by atoms with Crippen LogP contribution in [0.15, 0.2) is 77.3 Å². The van der Waals surface area contributed by atoms with Gasteiger partial charge in [0.2, 0.25) is 0 Å². The van der Waals surface area contributed by atoms with Gasteiger partial charge in [-0.2, -0.15) is 5.26 Å². The predicted molar refractivity (Wildman–Crippen MR) is 162 cm³/mol. The average molecular weight is 601 g/mol. The normalized spacial score (nSPS) is 17.9. The van der Waals surface area contributed by atoms with Crippen molar-refractivity contribution in [3.05, 3.63) is 120 Å². The van der Waals surface area contributed by atoms with Gasteiger partial charge in [0.15, 0.2) is 5.78 Å². The predicted octanol–water partition coefficient (Wildman–Crippen LogP) is 7.52. The Labute approximate surface area is 254 Å². The van der Waals surface area contributed by atoms with Gasteiger partial charge in [0.05, 0.1) is 33.2 Å². The number of nitrogens with zero attached hydrogens (tertiary/aromatic N) is 3. The summed E-state index contributed by atoms with van der Waals surface area (Å²) in [4.78, 5) is 26.6. The summed E-state index contributed by atoms with van der Waals surface area (Å²) in [7, 11) is 0. The molecular formula is C33H30ClFN4O4. The number of nitro groups is 1. The molecule has 0 saturated carbocycles. The van der Waals surface area contributed by atoms with Crippen LogP contribution in [-0.2, 0) is 11.4 Å². The molecule has 1 heterocycles. The zero-order valence-corrected chi connectivity index (χ0v) is 25.0. The average Bonchev–Trinajstić information content (AvgIpc) is 2.93. The molecule has 0 aromatic heterocycles. The minimum Gasteiger partial charge on any atom is -0.489 e. The summed E-state index contributed by atoms with van der Waals surface area (Å²) in [5, 5.41) is 22.3. The van der Waals surface area contributed by atoms with Crippen LogP contribution in [0.25, 0.3) is 0 Å². The van der Waals surface area contributed by atoms with E-state index in [0.29, 0.717) is 23.4 Å². The van der Waals surface area contributed by atoms with Crippen LogP contribution in [0.2, 0.25) is 5.02 Å². The highest BCUT2D eigenvalue weighted by Crippen LogP contribution is 2.52. The number of non-ortho nitro benzene ring substituents is 1. The van der Waals surface area contributed by atoms with Crippen LogP contribution in [-0.4, -0.2) is 10.7 Å².